The summed E-state index contributed by atoms with van der Waals surface area (Å²) in [6, 6.07) is 7.89. The number of rotatable bonds is 3. The molecule has 0 aromatic heterocycles. The van der Waals surface area contributed by atoms with Crippen LogP contribution in [0.25, 0.3) is 0 Å². The highest BCUT2D eigenvalue weighted by Crippen LogP contribution is 2.44. The maximum Gasteiger partial charge on any atom is 0.163 e. The van der Waals surface area contributed by atoms with E-state index in [0.717, 1.165) is 17.5 Å². The molecule has 0 unspecified atom stereocenters. The van der Waals surface area contributed by atoms with Gasteiger partial charge in [-0.3, -0.25) is 4.79 Å². The zero-order valence-corrected chi connectivity index (χ0v) is 9.55. The highest BCUT2D eigenvalue weighted by atomic mass is 16.1. The summed E-state index contributed by atoms with van der Waals surface area (Å²) in [6.07, 6.45) is 4.44. The van der Waals surface area contributed by atoms with Gasteiger partial charge in [0.1, 0.15) is 0 Å². The second-order valence-electron chi connectivity index (χ2n) is 5.08. The van der Waals surface area contributed by atoms with Crippen molar-refractivity contribution in [3.05, 3.63) is 35.4 Å². The van der Waals surface area contributed by atoms with Crippen molar-refractivity contribution in [1.29, 1.82) is 0 Å². The zero-order valence-electron chi connectivity index (χ0n) is 9.55. The van der Waals surface area contributed by atoms with E-state index in [1.165, 1.54) is 19.3 Å². The van der Waals surface area contributed by atoms with Crippen LogP contribution in [0.4, 0.5) is 0 Å². The number of ketones is 1. The molecule has 1 aliphatic rings. The van der Waals surface area contributed by atoms with E-state index in [-0.39, 0.29) is 0 Å². The normalized spacial score (nSPS) is 18.3. The second-order valence-corrected chi connectivity index (χ2v) is 5.08. The van der Waals surface area contributed by atoms with E-state index in [2.05, 4.69) is 6.92 Å². The standard InChI is InChI=1S/C14H18O/c1-11-6-3-4-7-12(11)13(15)10-14(2)8-5-9-14/h3-4,6-7H,5,8-10H2,1-2H3. The summed E-state index contributed by atoms with van der Waals surface area (Å²) in [4.78, 5) is 12.1. The van der Waals surface area contributed by atoms with Gasteiger partial charge in [-0.2, -0.15) is 0 Å². The highest BCUT2D eigenvalue weighted by molar-refractivity contribution is 5.97. The van der Waals surface area contributed by atoms with Crippen LogP contribution < -0.4 is 0 Å². The van der Waals surface area contributed by atoms with Gasteiger partial charge >= 0.3 is 0 Å². The second kappa shape index (κ2) is 3.80. The predicted molar refractivity (Wildman–Crippen MR) is 62.1 cm³/mol. The van der Waals surface area contributed by atoms with E-state index in [0.29, 0.717) is 11.2 Å². The molecule has 0 bridgehead atoms. The minimum atomic E-state index is 0.291. The Morgan fingerprint density at radius 2 is 2.00 bits per heavy atom. The van der Waals surface area contributed by atoms with Gasteiger partial charge < -0.3 is 0 Å². The molecule has 0 amide bonds. The molecule has 0 radical (unpaired) electrons. The molecule has 0 N–H and O–H groups in total. The van der Waals surface area contributed by atoms with E-state index in [4.69, 9.17) is 0 Å². The first-order valence-electron chi connectivity index (χ1n) is 5.70. The minimum Gasteiger partial charge on any atom is -0.294 e. The maximum atomic E-state index is 12.1. The summed E-state index contributed by atoms with van der Waals surface area (Å²) < 4.78 is 0. The largest absolute Gasteiger partial charge is 0.294 e. The van der Waals surface area contributed by atoms with Crippen molar-refractivity contribution in [2.75, 3.05) is 0 Å². The fourth-order valence-electron chi connectivity index (χ4n) is 2.33. The van der Waals surface area contributed by atoms with Gasteiger partial charge in [0.2, 0.25) is 0 Å². The number of Topliss-reactive ketones (excluding diaryl/α,β-unsaturated/α-hetero) is 1. The summed E-state index contributed by atoms with van der Waals surface area (Å²) in [5, 5.41) is 0. The zero-order chi connectivity index (χ0) is 10.9. The van der Waals surface area contributed by atoms with Crippen LogP contribution in [0.1, 0.15) is 48.5 Å². The third kappa shape index (κ3) is 2.11. The number of hydrogen-bond donors (Lipinski definition) is 0. The first-order valence-corrected chi connectivity index (χ1v) is 5.70. The molecule has 80 valence electrons. The lowest BCUT2D eigenvalue weighted by molar-refractivity contribution is 0.0816. The van der Waals surface area contributed by atoms with Crippen LogP contribution in [0.5, 0.6) is 0 Å². The average Bonchev–Trinajstić information content (AvgIpc) is 2.16. The molecule has 1 nitrogen and oxygen atoms in total. The molecule has 0 saturated heterocycles. The topological polar surface area (TPSA) is 17.1 Å². The van der Waals surface area contributed by atoms with Crippen molar-refractivity contribution >= 4 is 5.78 Å². The van der Waals surface area contributed by atoms with Crippen molar-refractivity contribution in [2.24, 2.45) is 5.41 Å². The summed E-state index contributed by atoms with van der Waals surface area (Å²) in [7, 11) is 0. The molecule has 1 aliphatic carbocycles. The lowest BCUT2D eigenvalue weighted by Crippen LogP contribution is -2.28. The molecule has 1 fully saturated rings. The molecule has 1 heteroatoms. The fraction of sp³-hybridized carbons (Fsp3) is 0.500. The molecule has 2 rings (SSSR count). The van der Waals surface area contributed by atoms with Crippen LogP contribution in [-0.4, -0.2) is 5.78 Å². The molecule has 0 atom stereocenters. The Bertz CT molecular complexity index is 375. The number of carbonyl (C=O) groups excluding carboxylic acids is 1. The highest BCUT2D eigenvalue weighted by Gasteiger charge is 2.34. The smallest absolute Gasteiger partial charge is 0.163 e. The van der Waals surface area contributed by atoms with Gasteiger partial charge in [0, 0.05) is 12.0 Å². The summed E-state index contributed by atoms with van der Waals surface area (Å²) >= 11 is 0. The van der Waals surface area contributed by atoms with Gasteiger partial charge in [0.15, 0.2) is 5.78 Å². The van der Waals surface area contributed by atoms with Gasteiger partial charge in [0.25, 0.3) is 0 Å². The Balaban J connectivity index is 2.11. The third-order valence-electron chi connectivity index (χ3n) is 3.59. The van der Waals surface area contributed by atoms with Crippen molar-refractivity contribution < 1.29 is 4.79 Å². The van der Waals surface area contributed by atoms with Crippen molar-refractivity contribution in [2.45, 2.75) is 39.5 Å². The quantitative estimate of drug-likeness (QED) is 0.682. The summed E-state index contributed by atoms with van der Waals surface area (Å²) in [5.74, 6) is 0.315. The van der Waals surface area contributed by atoms with Crippen LogP contribution in [0.3, 0.4) is 0 Å². The Kier molecular flexibility index (Phi) is 2.64. The summed E-state index contributed by atoms with van der Waals surface area (Å²) in [6.45, 7) is 4.24. The van der Waals surface area contributed by atoms with Gasteiger partial charge in [0.05, 0.1) is 0 Å². The van der Waals surface area contributed by atoms with Gasteiger partial charge in [-0.05, 0) is 30.7 Å². The van der Waals surface area contributed by atoms with Crippen LogP contribution in [0.15, 0.2) is 24.3 Å². The van der Waals surface area contributed by atoms with Crippen molar-refractivity contribution in [3.8, 4) is 0 Å². The van der Waals surface area contributed by atoms with E-state index in [1.807, 2.05) is 31.2 Å². The first-order chi connectivity index (χ1) is 7.11. The fourth-order valence-corrected chi connectivity index (χ4v) is 2.33. The predicted octanol–water partition coefficient (Wildman–Crippen LogP) is 3.76. The Hall–Kier alpha value is -1.11. The minimum absolute atomic E-state index is 0.291. The lowest BCUT2D eigenvalue weighted by atomic mass is 9.67. The SMILES string of the molecule is Cc1ccccc1C(=O)CC1(C)CCC1. The third-order valence-corrected chi connectivity index (χ3v) is 3.59. The van der Waals surface area contributed by atoms with Crippen LogP contribution in [-0.2, 0) is 0 Å². The van der Waals surface area contributed by atoms with Gasteiger partial charge in [-0.1, -0.05) is 37.6 Å². The number of aryl methyl sites for hydroxylation is 1. The number of carbonyl (C=O) groups is 1. The molecule has 1 aromatic carbocycles. The first kappa shape index (κ1) is 10.4. The summed E-state index contributed by atoms with van der Waals surface area (Å²) in [5.41, 5.74) is 2.30. The lowest BCUT2D eigenvalue weighted by Gasteiger charge is -2.37. The maximum absolute atomic E-state index is 12.1. The monoisotopic (exact) mass is 202 g/mol. The molecule has 1 saturated carbocycles. The van der Waals surface area contributed by atoms with Crippen LogP contribution in [0.2, 0.25) is 0 Å². The van der Waals surface area contributed by atoms with Crippen LogP contribution in [0, 0.1) is 12.3 Å². The molecule has 15 heavy (non-hydrogen) atoms. The molecular weight excluding hydrogens is 184 g/mol. The van der Waals surface area contributed by atoms with E-state index < -0.39 is 0 Å². The van der Waals surface area contributed by atoms with E-state index in [1.54, 1.807) is 0 Å². The Labute approximate surface area is 91.5 Å². The Morgan fingerprint density at radius 3 is 2.53 bits per heavy atom. The van der Waals surface area contributed by atoms with E-state index in [9.17, 15) is 4.79 Å². The van der Waals surface area contributed by atoms with Gasteiger partial charge in [-0.25, -0.2) is 0 Å². The average molecular weight is 202 g/mol. The molecule has 0 spiro atoms. The molecule has 0 heterocycles. The number of hydrogen-bond acceptors (Lipinski definition) is 1. The molecular formula is C14H18O. The van der Waals surface area contributed by atoms with E-state index >= 15 is 0 Å². The van der Waals surface area contributed by atoms with Crippen LogP contribution >= 0.6 is 0 Å². The molecule has 1 aromatic rings. The van der Waals surface area contributed by atoms with Crippen molar-refractivity contribution in [3.63, 3.8) is 0 Å². The number of benzene rings is 1. The Morgan fingerprint density at radius 1 is 1.33 bits per heavy atom. The molecule has 0 aliphatic heterocycles. The van der Waals surface area contributed by atoms with Crippen molar-refractivity contribution in [1.82, 2.24) is 0 Å². The van der Waals surface area contributed by atoms with Gasteiger partial charge in [-0.15, -0.1) is 0 Å².